The summed E-state index contributed by atoms with van der Waals surface area (Å²) < 4.78 is 1.76. The third-order valence-corrected chi connectivity index (χ3v) is 4.91. The fraction of sp³-hybridized carbons (Fsp3) is 0.368. The van der Waals surface area contributed by atoms with Gasteiger partial charge in [-0.05, 0) is 38.4 Å². The molecule has 4 heterocycles. The first kappa shape index (κ1) is 16.7. The zero-order chi connectivity index (χ0) is 18.1. The Labute approximate surface area is 152 Å². The number of rotatable bonds is 4. The molecule has 4 rings (SSSR count). The van der Waals surface area contributed by atoms with Crippen molar-refractivity contribution in [2.45, 2.75) is 25.8 Å². The molecule has 26 heavy (non-hydrogen) atoms. The number of carbonyl (C=O) groups is 1. The van der Waals surface area contributed by atoms with Crippen LogP contribution in [0, 0.1) is 0 Å². The molecule has 0 bridgehead atoms. The average molecular weight is 350 g/mol. The average Bonchev–Trinajstić information content (AvgIpc) is 3.23. The first-order chi connectivity index (χ1) is 12.6. The molecule has 0 aliphatic carbocycles. The minimum atomic E-state index is -0.0260. The van der Waals surface area contributed by atoms with E-state index < -0.39 is 0 Å². The molecule has 0 saturated carbocycles. The lowest BCUT2D eigenvalue weighted by Gasteiger charge is -2.19. The Hall–Kier alpha value is -2.80. The number of pyridine rings is 2. The van der Waals surface area contributed by atoms with Gasteiger partial charge in [0, 0.05) is 42.0 Å². The van der Waals surface area contributed by atoms with Crippen molar-refractivity contribution in [1.29, 1.82) is 0 Å². The second kappa shape index (κ2) is 6.84. The molecule has 1 unspecified atom stereocenters. The van der Waals surface area contributed by atoms with Crippen LogP contribution in [-0.2, 0) is 11.8 Å². The molecule has 0 spiro atoms. The molecule has 0 aromatic carbocycles. The molecule has 1 aliphatic heterocycles. The van der Waals surface area contributed by atoms with E-state index in [2.05, 4.69) is 32.2 Å². The molecule has 1 aliphatic rings. The number of amides is 1. The number of fused-ring (bicyclic) bond motifs is 1. The van der Waals surface area contributed by atoms with Crippen LogP contribution in [0.5, 0.6) is 0 Å². The van der Waals surface area contributed by atoms with Gasteiger partial charge in [-0.15, -0.1) is 0 Å². The smallest absolute Gasteiger partial charge is 0.239 e. The maximum Gasteiger partial charge on any atom is 0.239 e. The van der Waals surface area contributed by atoms with E-state index in [1.807, 2.05) is 37.8 Å². The summed E-state index contributed by atoms with van der Waals surface area (Å²) in [5, 5.41) is 8.04. The number of aromatic nitrogens is 4. The van der Waals surface area contributed by atoms with Crippen LogP contribution in [-0.4, -0.2) is 49.7 Å². The quantitative estimate of drug-likeness (QED) is 0.782. The Morgan fingerprint density at radius 1 is 1.23 bits per heavy atom. The Morgan fingerprint density at radius 3 is 2.85 bits per heavy atom. The highest BCUT2D eigenvalue weighted by Crippen LogP contribution is 2.23. The molecule has 1 amide bonds. The van der Waals surface area contributed by atoms with Crippen molar-refractivity contribution >= 4 is 22.6 Å². The fourth-order valence-corrected chi connectivity index (χ4v) is 3.42. The minimum absolute atomic E-state index is 0.0260. The van der Waals surface area contributed by atoms with Gasteiger partial charge in [0.25, 0.3) is 0 Å². The van der Waals surface area contributed by atoms with E-state index in [0.717, 1.165) is 41.4 Å². The second-order valence-electron chi connectivity index (χ2n) is 6.90. The molecule has 1 saturated heterocycles. The Morgan fingerprint density at radius 2 is 2.12 bits per heavy atom. The minimum Gasteiger partial charge on any atom is -0.310 e. The SMILES string of the molecule is CC1CCCN1CC(=O)Nc1cc2cc(-c3cnn(C)c3)cnc2cn1. The van der Waals surface area contributed by atoms with E-state index in [4.69, 9.17) is 0 Å². The van der Waals surface area contributed by atoms with E-state index in [9.17, 15) is 4.79 Å². The molecule has 3 aromatic rings. The van der Waals surface area contributed by atoms with Gasteiger partial charge < -0.3 is 5.32 Å². The van der Waals surface area contributed by atoms with Gasteiger partial charge in [0.2, 0.25) is 5.91 Å². The van der Waals surface area contributed by atoms with Gasteiger partial charge >= 0.3 is 0 Å². The van der Waals surface area contributed by atoms with Gasteiger partial charge in [-0.1, -0.05) is 0 Å². The van der Waals surface area contributed by atoms with Crippen LogP contribution in [0.1, 0.15) is 19.8 Å². The van der Waals surface area contributed by atoms with Crippen molar-refractivity contribution in [1.82, 2.24) is 24.6 Å². The third kappa shape index (κ3) is 3.43. The summed E-state index contributed by atoms with van der Waals surface area (Å²) in [7, 11) is 1.89. The van der Waals surface area contributed by atoms with E-state index in [0.29, 0.717) is 18.4 Å². The standard InChI is InChI=1S/C19H22N6O/c1-13-4-3-5-25(13)12-19(26)23-18-7-14-6-15(8-20-17(14)10-21-18)16-9-22-24(2)11-16/h6-11,13H,3-5,12H2,1-2H3,(H,21,23,26). The van der Waals surface area contributed by atoms with Crippen LogP contribution < -0.4 is 5.32 Å². The number of carbonyl (C=O) groups excluding carboxylic acids is 1. The van der Waals surface area contributed by atoms with Crippen molar-refractivity contribution in [3.05, 3.63) is 36.9 Å². The van der Waals surface area contributed by atoms with Crippen molar-refractivity contribution in [2.24, 2.45) is 7.05 Å². The molecular weight excluding hydrogens is 328 g/mol. The van der Waals surface area contributed by atoms with Crippen LogP contribution in [0.15, 0.2) is 36.9 Å². The molecule has 134 valence electrons. The molecular formula is C19H22N6O. The summed E-state index contributed by atoms with van der Waals surface area (Å²) in [6.45, 7) is 3.56. The number of nitrogens with one attached hydrogen (secondary N) is 1. The second-order valence-corrected chi connectivity index (χ2v) is 6.90. The highest BCUT2D eigenvalue weighted by atomic mass is 16.2. The number of aryl methyl sites for hydroxylation is 1. The summed E-state index contributed by atoms with van der Waals surface area (Å²) in [6.07, 6.45) is 9.58. The molecule has 7 heteroatoms. The molecule has 3 aromatic heterocycles. The van der Waals surface area contributed by atoms with Crippen molar-refractivity contribution in [2.75, 3.05) is 18.4 Å². The molecule has 1 fully saturated rings. The third-order valence-electron chi connectivity index (χ3n) is 4.91. The lowest BCUT2D eigenvalue weighted by molar-refractivity contribution is -0.117. The summed E-state index contributed by atoms with van der Waals surface area (Å²) in [5.41, 5.74) is 2.79. The normalized spacial score (nSPS) is 17.7. The number of anilines is 1. The molecule has 7 nitrogen and oxygen atoms in total. The summed E-state index contributed by atoms with van der Waals surface area (Å²) >= 11 is 0. The topological polar surface area (TPSA) is 75.9 Å². The largest absolute Gasteiger partial charge is 0.310 e. The van der Waals surface area contributed by atoms with E-state index in [1.54, 1.807) is 10.9 Å². The van der Waals surface area contributed by atoms with Gasteiger partial charge in [-0.25, -0.2) is 4.98 Å². The predicted molar refractivity (Wildman–Crippen MR) is 101 cm³/mol. The Balaban J connectivity index is 1.53. The van der Waals surface area contributed by atoms with Crippen molar-refractivity contribution < 1.29 is 4.79 Å². The number of hydrogen-bond donors (Lipinski definition) is 1. The van der Waals surface area contributed by atoms with Crippen molar-refractivity contribution in [3.63, 3.8) is 0 Å². The maximum atomic E-state index is 12.3. The Kier molecular flexibility index (Phi) is 4.38. The van der Waals surface area contributed by atoms with Crippen LogP contribution in [0.4, 0.5) is 5.82 Å². The number of likely N-dealkylation sites (tertiary alicyclic amines) is 1. The first-order valence-corrected chi connectivity index (χ1v) is 8.87. The molecule has 1 atom stereocenters. The maximum absolute atomic E-state index is 12.3. The van der Waals surface area contributed by atoms with E-state index in [-0.39, 0.29) is 5.91 Å². The monoisotopic (exact) mass is 350 g/mol. The fourth-order valence-electron chi connectivity index (χ4n) is 3.42. The van der Waals surface area contributed by atoms with E-state index in [1.165, 1.54) is 0 Å². The van der Waals surface area contributed by atoms with Gasteiger partial charge in [0.1, 0.15) is 5.82 Å². The van der Waals surface area contributed by atoms with Crippen LogP contribution in [0.25, 0.3) is 22.0 Å². The number of hydrogen-bond acceptors (Lipinski definition) is 5. The number of nitrogens with zero attached hydrogens (tertiary/aromatic N) is 5. The predicted octanol–water partition coefficient (Wildman–Crippen LogP) is 2.45. The highest BCUT2D eigenvalue weighted by molar-refractivity contribution is 5.93. The molecule has 0 radical (unpaired) electrons. The lowest BCUT2D eigenvalue weighted by atomic mass is 10.1. The van der Waals surface area contributed by atoms with Gasteiger partial charge in [-0.2, -0.15) is 5.10 Å². The summed E-state index contributed by atoms with van der Waals surface area (Å²) in [4.78, 5) is 23.3. The zero-order valence-corrected chi connectivity index (χ0v) is 15.0. The van der Waals surface area contributed by atoms with Crippen LogP contribution >= 0.6 is 0 Å². The summed E-state index contributed by atoms with van der Waals surface area (Å²) in [5.74, 6) is 0.529. The first-order valence-electron chi connectivity index (χ1n) is 8.87. The van der Waals surface area contributed by atoms with Crippen LogP contribution in [0.2, 0.25) is 0 Å². The highest BCUT2D eigenvalue weighted by Gasteiger charge is 2.22. The molecule has 1 N–H and O–H groups in total. The Bertz CT molecular complexity index is 950. The van der Waals surface area contributed by atoms with Gasteiger partial charge in [-0.3, -0.25) is 19.4 Å². The zero-order valence-electron chi connectivity index (χ0n) is 15.0. The van der Waals surface area contributed by atoms with Crippen molar-refractivity contribution in [3.8, 4) is 11.1 Å². The summed E-state index contributed by atoms with van der Waals surface area (Å²) in [6, 6.07) is 4.38. The van der Waals surface area contributed by atoms with Gasteiger partial charge in [0.15, 0.2) is 0 Å². The van der Waals surface area contributed by atoms with Crippen LogP contribution in [0.3, 0.4) is 0 Å². The van der Waals surface area contributed by atoms with E-state index >= 15 is 0 Å². The van der Waals surface area contributed by atoms with Gasteiger partial charge in [0.05, 0.1) is 24.5 Å². The lowest BCUT2D eigenvalue weighted by Crippen LogP contribution is -2.35.